The molecule has 1 aliphatic carbocycles. The number of aliphatic hydroxyl groups is 1. The summed E-state index contributed by atoms with van der Waals surface area (Å²) in [6, 6.07) is 5.43. The SMILES string of the molecule is Cn1cc([C@@H](NC(=O)c2ccc3scnc3c2)C2CC(O)C2)cn1. The topological polar surface area (TPSA) is 80.0 Å². The first-order valence-corrected chi connectivity index (χ1v) is 8.79. The first-order chi connectivity index (χ1) is 11.6. The molecule has 1 fully saturated rings. The molecule has 1 aromatic carbocycles. The molecule has 0 unspecified atom stereocenters. The van der Waals surface area contributed by atoms with E-state index in [-0.39, 0.29) is 24.0 Å². The van der Waals surface area contributed by atoms with E-state index in [0.29, 0.717) is 18.4 Å². The zero-order chi connectivity index (χ0) is 16.7. The average Bonchev–Trinajstić information content (AvgIpc) is 3.17. The lowest BCUT2D eigenvalue weighted by atomic mass is 9.75. The number of amides is 1. The molecule has 1 aliphatic rings. The maximum Gasteiger partial charge on any atom is 0.251 e. The van der Waals surface area contributed by atoms with Crippen LogP contribution in [0.4, 0.5) is 0 Å². The average molecular weight is 342 g/mol. The number of aliphatic hydroxyl groups excluding tert-OH is 1. The molecule has 4 rings (SSSR count). The van der Waals surface area contributed by atoms with Crippen molar-refractivity contribution in [2.75, 3.05) is 0 Å². The molecular formula is C17H18N4O2S. The lowest BCUT2D eigenvalue weighted by molar-refractivity contribution is 0.0235. The molecule has 6 nitrogen and oxygen atoms in total. The molecule has 7 heteroatoms. The minimum Gasteiger partial charge on any atom is -0.393 e. The monoisotopic (exact) mass is 342 g/mol. The van der Waals surface area contributed by atoms with Crippen LogP contribution in [0, 0.1) is 5.92 Å². The van der Waals surface area contributed by atoms with E-state index in [4.69, 9.17) is 0 Å². The van der Waals surface area contributed by atoms with E-state index in [1.807, 2.05) is 31.4 Å². The smallest absolute Gasteiger partial charge is 0.251 e. The minimum absolute atomic E-state index is 0.125. The quantitative estimate of drug-likeness (QED) is 0.762. The van der Waals surface area contributed by atoms with Gasteiger partial charge < -0.3 is 10.4 Å². The van der Waals surface area contributed by atoms with Crippen LogP contribution in [0.5, 0.6) is 0 Å². The summed E-state index contributed by atoms with van der Waals surface area (Å²) >= 11 is 1.56. The number of thiazole rings is 1. The number of rotatable bonds is 4. The molecule has 0 saturated heterocycles. The Labute approximate surface area is 143 Å². The Morgan fingerprint density at radius 3 is 3.00 bits per heavy atom. The normalized spacial score (nSPS) is 21.4. The van der Waals surface area contributed by atoms with Crippen molar-refractivity contribution in [1.82, 2.24) is 20.1 Å². The van der Waals surface area contributed by atoms with Crippen LogP contribution in [-0.4, -0.2) is 31.9 Å². The molecule has 124 valence electrons. The van der Waals surface area contributed by atoms with Gasteiger partial charge in [-0.2, -0.15) is 5.10 Å². The Kier molecular flexibility index (Phi) is 3.82. The molecule has 0 bridgehead atoms. The molecule has 3 aromatic rings. The molecule has 1 amide bonds. The van der Waals surface area contributed by atoms with E-state index < -0.39 is 0 Å². The summed E-state index contributed by atoms with van der Waals surface area (Å²) in [5.74, 6) is 0.108. The van der Waals surface area contributed by atoms with Crippen molar-refractivity contribution < 1.29 is 9.90 Å². The molecule has 0 aliphatic heterocycles. The van der Waals surface area contributed by atoms with Gasteiger partial charge in [-0.25, -0.2) is 4.98 Å². The Bertz CT molecular complexity index is 881. The molecular weight excluding hydrogens is 324 g/mol. The van der Waals surface area contributed by atoms with Crippen LogP contribution in [0.25, 0.3) is 10.2 Å². The van der Waals surface area contributed by atoms with Crippen molar-refractivity contribution in [2.45, 2.75) is 25.0 Å². The number of benzene rings is 1. The molecule has 1 saturated carbocycles. The summed E-state index contributed by atoms with van der Waals surface area (Å²) in [5.41, 5.74) is 4.19. The molecule has 0 spiro atoms. The van der Waals surface area contributed by atoms with Gasteiger partial charge in [0, 0.05) is 24.4 Å². The number of hydrogen-bond acceptors (Lipinski definition) is 5. The highest BCUT2D eigenvalue weighted by Crippen LogP contribution is 2.38. The van der Waals surface area contributed by atoms with Gasteiger partial charge >= 0.3 is 0 Å². The van der Waals surface area contributed by atoms with Crippen molar-refractivity contribution in [3.63, 3.8) is 0 Å². The van der Waals surface area contributed by atoms with Crippen LogP contribution >= 0.6 is 11.3 Å². The zero-order valence-electron chi connectivity index (χ0n) is 13.2. The van der Waals surface area contributed by atoms with Gasteiger partial charge in [-0.15, -0.1) is 11.3 Å². The second-order valence-electron chi connectivity index (χ2n) is 6.32. The minimum atomic E-state index is -0.266. The van der Waals surface area contributed by atoms with Crippen LogP contribution in [0.2, 0.25) is 0 Å². The summed E-state index contributed by atoms with van der Waals surface area (Å²) in [5, 5.41) is 16.9. The van der Waals surface area contributed by atoms with Gasteiger partial charge in [0.25, 0.3) is 5.91 Å². The summed E-state index contributed by atoms with van der Waals surface area (Å²) in [6.45, 7) is 0. The molecule has 0 radical (unpaired) electrons. The van der Waals surface area contributed by atoms with Crippen molar-refractivity contribution in [3.8, 4) is 0 Å². The largest absolute Gasteiger partial charge is 0.393 e. The number of nitrogens with one attached hydrogen (secondary N) is 1. The van der Waals surface area contributed by atoms with Crippen molar-refractivity contribution in [1.29, 1.82) is 0 Å². The third kappa shape index (κ3) is 2.81. The lowest BCUT2D eigenvalue weighted by Gasteiger charge is -2.37. The Morgan fingerprint density at radius 2 is 2.29 bits per heavy atom. The molecule has 1 atom stereocenters. The fraction of sp³-hybridized carbons (Fsp3) is 0.353. The second-order valence-corrected chi connectivity index (χ2v) is 7.20. The van der Waals surface area contributed by atoms with Crippen LogP contribution < -0.4 is 5.32 Å². The fourth-order valence-electron chi connectivity index (χ4n) is 3.20. The third-order valence-corrected chi connectivity index (χ3v) is 5.39. The Balaban J connectivity index is 1.58. The highest BCUT2D eigenvalue weighted by Gasteiger charge is 2.36. The van der Waals surface area contributed by atoms with Gasteiger partial charge in [-0.3, -0.25) is 9.48 Å². The summed E-state index contributed by atoms with van der Waals surface area (Å²) < 4.78 is 2.79. The standard InChI is InChI=1S/C17H18N4O2S/c1-21-8-12(7-19-21)16(11-4-13(22)5-11)20-17(23)10-2-3-15-14(6-10)18-9-24-15/h2-3,6-9,11,13,16,22H,4-5H2,1H3,(H,20,23)/t11?,13?,16-/m0/s1. The number of hydrogen-bond donors (Lipinski definition) is 2. The van der Waals surface area contributed by atoms with Crippen LogP contribution in [0.15, 0.2) is 36.1 Å². The van der Waals surface area contributed by atoms with Gasteiger partial charge in [0.05, 0.1) is 34.1 Å². The van der Waals surface area contributed by atoms with Gasteiger partial charge in [0.15, 0.2) is 0 Å². The first kappa shape index (κ1) is 15.3. The van der Waals surface area contributed by atoms with Crippen LogP contribution in [-0.2, 0) is 7.05 Å². The van der Waals surface area contributed by atoms with E-state index >= 15 is 0 Å². The van der Waals surface area contributed by atoms with Crippen LogP contribution in [0.3, 0.4) is 0 Å². The number of aryl methyl sites for hydroxylation is 1. The predicted molar refractivity (Wildman–Crippen MR) is 91.8 cm³/mol. The van der Waals surface area contributed by atoms with Gasteiger partial charge in [0.2, 0.25) is 0 Å². The lowest BCUT2D eigenvalue weighted by Crippen LogP contribution is -2.41. The number of aromatic nitrogens is 3. The molecule has 2 heterocycles. The number of carbonyl (C=O) groups is 1. The zero-order valence-corrected chi connectivity index (χ0v) is 14.0. The number of fused-ring (bicyclic) bond motifs is 1. The summed E-state index contributed by atoms with van der Waals surface area (Å²) in [6.07, 6.45) is 4.83. The predicted octanol–water partition coefficient (Wildman–Crippen LogP) is 2.27. The fourth-order valence-corrected chi connectivity index (χ4v) is 3.86. The number of carbonyl (C=O) groups excluding carboxylic acids is 1. The van der Waals surface area contributed by atoms with E-state index in [1.54, 1.807) is 27.7 Å². The van der Waals surface area contributed by atoms with Crippen LogP contribution in [0.1, 0.15) is 34.8 Å². The van der Waals surface area contributed by atoms with Gasteiger partial charge in [0.1, 0.15) is 0 Å². The molecule has 24 heavy (non-hydrogen) atoms. The molecule has 2 N–H and O–H groups in total. The highest BCUT2D eigenvalue weighted by molar-refractivity contribution is 7.16. The molecule has 2 aromatic heterocycles. The second kappa shape index (κ2) is 5.99. The third-order valence-electron chi connectivity index (χ3n) is 4.58. The van der Waals surface area contributed by atoms with E-state index in [1.165, 1.54) is 0 Å². The maximum atomic E-state index is 12.7. The van der Waals surface area contributed by atoms with Crippen molar-refractivity contribution in [2.24, 2.45) is 13.0 Å². The van der Waals surface area contributed by atoms with E-state index in [9.17, 15) is 9.90 Å². The Hall–Kier alpha value is -2.25. The van der Waals surface area contributed by atoms with E-state index in [2.05, 4.69) is 15.4 Å². The summed E-state index contributed by atoms with van der Waals surface area (Å²) in [4.78, 5) is 17.0. The maximum absolute atomic E-state index is 12.7. The van der Waals surface area contributed by atoms with Gasteiger partial charge in [-0.1, -0.05) is 0 Å². The van der Waals surface area contributed by atoms with Gasteiger partial charge in [-0.05, 0) is 37.0 Å². The van der Waals surface area contributed by atoms with E-state index in [0.717, 1.165) is 15.8 Å². The number of nitrogens with zero attached hydrogens (tertiary/aromatic N) is 3. The van der Waals surface area contributed by atoms with Crippen molar-refractivity contribution in [3.05, 3.63) is 47.2 Å². The summed E-state index contributed by atoms with van der Waals surface area (Å²) in [7, 11) is 1.86. The first-order valence-electron chi connectivity index (χ1n) is 7.91. The highest BCUT2D eigenvalue weighted by atomic mass is 32.1. The Morgan fingerprint density at radius 1 is 1.46 bits per heavy atom. The van der Waals surface area contributed by atoms with Crippen molar-refractivity contribution >= 4 is 27.5 Å².